The van der Waals surface area contributed by atoms with Crippen LogP contribution in [0.3, 0.4) is 0 Å². The molecule has 148 valence electrons. The molecule has 0 saturated heterocycles. The van der Waals surface area contributed by atoms with Gasteiger partial charge in [-0.3, -0.25) is 0 Å². The number of nitrogens with zero attached hydrogens (tertiary/aromatic N) is 3. The molecule has 0 amide bonds. The van der Waals surface area contributed by atoms with Crippen molar-refractivity contribution in [2.45, 2.75) is 13.5 Å². The third-order valence-corrected chi connectivity index (χ3v) is 3.68. The predicted octanol–water partition coefficient (Wildman–Crippen LogP) is 3.35. The van der Waals surface area contributed by atoms with Crippen LogP contribution in [0.25, 0.3) is 6.08 Å². The van der Waals surface area contributed by atoms with E-state index in [9.17, 15) is 4.79 Å². The number of rotatable bonds is 8. The van der Waals surface area contributed by atoms with Gasteiger partial charge in [-0.25, -0.2) is 4.79 Å². The maximum absolute atomic E-state index is 12.0. The van der Waals surface area contributed by atoms with Crippen LogP contribution in [0.5, 0.6) is 5.75 Å². The van der Waals surface area contributed by atoms with Crippen molar-refractivity contribution < 1.29 is 14.3 Å². The third-order valence-electron chi connectivity index (χ3n) is 3.68. The van der Waals surface area contributed by atoms with Gasteiger partial charge in [-0.05, 0) is 42.8 Å². The van der Waals surface area contributed by atoms with Gasteiger partial charge in [-0.15, -0.1) is 0 Å². The first-order valence-electron chi connectivity index (χ1n) is 9.02. The molecule has 0 spiro atoms. The van der Waals surface area contributed by atoms with Crippen molar-refractivity contribution in [3.8, 4) is 5.75 Å². The second-order valence-corrected chi connectivity index (χ2v) is 5.87. The Labute approximate surface area is 168 Å². The zero-order valence-corrected chi connectivity index (χ0v) is 15.9. The Morgan fingerprint density at radius 2 is 1.83 bits per heavy atom. The number of nitrogens with two attached hydrogens (primary N) is 1. The minimum Gasteiger partial charge on any atom is -0.494 e. The van der Waals surface area contributed by atoms with Crippen molar-refractivity contribution in [3.05, 3.63) is 72.1 Å². The SMILES string of the molecule is CCOc1ccc(/C=C/C(=O)OCc2nc(N)nc(Nc3ccccc3)n2)cc1. The molecule has 0 unspecified atom stereocenters. The molecule has 0 saturated carbocycles. The molecule has 3 N–H and O–H groups in total. The van der Waals surface area contributed by atoms with Gasteiger partial charge in [0, 0.05) is 11.8 Å². The van der Waals surface area contributed by atoms with Gasteiger partial charge in [-0.2, -0.15) is 15.0 Å². The van der Waals surface area contributed by atoms with E-state index in [0.717, 1.165) is 17.0 Å². The fourth-order valence-corrected chi connectivity index (χ4v) is 2.40. The second-order valence-electron chi connectivity index (χ2n) is 5.87. The summed E-state index contributed by atoms with van der Waals surface area (Å²) in [5, 5.41) is 3.03. The third kappa shape index (κ3) is 6.31. The molecule has 1 aromatic heterocycles. The first-order chi connectivity index (χ1) is 14.1. The van der Waals surface area contributed by atoms with E-state index in [1.807, 2.05) is 61.5 Å². The summed E-state index contributed by atoms with van der Waals surface area (Å²) in [7, 11) is 0. The van der Waals surface area contributed by atoms with Crippen LogP contribution in [0.2, 0.25) is 0 Å². The van der Waals surface area contributed by atoms with Crippen LogP contribution < -0.4 is 15.8 Å². The Hall–Kier alpha value is -3.94. The summed E-state index contributed by atoms with van der Waals surface area (Å²) < 4.78 is 10.6. The van der Waals surface area contributed by atoms with Gasteiger partial charge < -0.3 is 20.5 Å². The number of anilines is 3. The van der Waals surface area contributed by atoms with Crippen LogP contribution in [0, 0.1) is 0 Å². The van der Waals surface area contributed by atoms with Crippen LogP contribution in [0.1, 0.15) is 18.3 Å². The smallest absolute Gasteiger partial charge is 0.331 e. The van der Waals surface area contributed by atoms with E-state index in [-0.39, 0.29) is 24.3 Å². The predicted molar refractivity (Wildman–Crippen MR) is 110 cm³/mol. The van der Waals surface area contributed by atoms with E-state index < -0.39 is 5.97 Å². The highest BCUT2D eigenvalue weighted by Gasteiger charge is 2.07. The quantitative estimate of drug-likeness (QED) is 0.444. The first kappa shape index (κ1) is 19.8. The molecule has 1 heterocycles. The van der Waals surface area contributed by atoms with Crippen LogP contribution in [-0.2, 0) is 16.1 Å². The van der Waals surface area contributed by atoms with E-state index >= 15 is 0 Å². The standard InChI is InChI=1S/C21H21N5O3/c1-2-28-17-11-8-15(9-12-17)10-13-19(27)29-14-18-24-20(22)26-21(25-18)23-16-6-4-3-5-7-16/h3-13H,2,14H2,1H3,(H3,22,23,24,25,26)/b13-10+. The number of esters is 1. The number of para-hydroxylation sites is 1. The zero-order chi connectivity index (χ0) is 20.5. The Morgan fingerprint density at radius 1 is 1.07 bits per heavy atom. The number of ether oxygens (including phenoxy) is 2. The highest BCUT2D eigenvalue weighted by atomic mass is 16.5. The lowest BCUT2D eigenvalue weighted by atomic mass is 10.2. The monoisotopic (exact) mass is 391 g/mol. The Kier molecular flexibility index (Phi) is 6.72. The molecule has 3 aromatic rings. The van der Waals surface area contributed by atoms with Crippen LogP contribution in [0.4, 0.5) is 17.6 Å². The summed E-state index contributed by atoms with van der Waals surface area (Å²) in [6.45, 7) is 2.40. The Bertz CT molecular complexity index is 975. The average molecular weight is 391 g/mol. The number of carbonyl (C=O) groups excluding carboxylic acids is 1. The highest BCUT2D eigenvalue weighted by molar-refractivity contribution is 5.87. The lowest BCUT2D eigenvalue weighted by Gasteiger charge is -2.07. The largest absolute Gasteiger partial charge is 0.494 e. The summed E-state index contributed by atoms with van der Waals surface area (Å²) in [6.07, 6.45) is 2.99. The molecule has 0 aliphatic heterocycles. The van der Waals surface area contributed by atoms with Crippen molar-refractivity contribution in [3.63, 3.8) is 0 Å². The number of nitrogens with one attached hydrogen (secondary N) is 1. The van der Waals surface area contributed by atoms with Crippen LogP contribution >= 0.6 is 0 Å². The zero-order valence-electron chi connectivity index (χ0n) is 15.9. The molecule has 3 rings (SSSR count). The summed E-state index contributed by atoms with van der Waals surface area (Å²) >= 11 is 0. The van der Waals surface area contributed by atoms with Crippen molar-refractivity contribution in [2.24, 2.45) is 0 Å². The van der Waals surface area contributed by atoms with E-state index in [1.165, 1.54) is 6.08 Å². The van der Waals surface area contributed by atoms with Crippen molar-refractivity contribution in [1.29, 1.82) is 0 Å². The lowest BCUT2D eigenvalue weighted by Crippen LogP contribution is -2.10. The molecule has 0 radical (unpaired) electrons. The molecular formula is C21H21N5O3. The average Bonchev–Trinajstić information content (AvgIpc) is 2.72. The number of aromatic nitrogens is 3. The maximum Gasteiger partial charge on any atom is 0.331 e. The van der Waals surface area contributed by atoms with Gasteiger partial charge in [0.1, 0.15) is 5.75 Å². The van der Waals surface area contributed by atoms with E-state index in [2.05, 4.69) is 20.3 Å². The van der Waals surface area contributed by atoms with Crippen LogP contribution in [-0.4, -0.2) is 27.5 Å². The molecule has 2 aromatic carbocycles. The van der Waals surface area contributed by atoms with Gasteiger partial charge in [0.05, 0.1) is 6.61 Å². The molecule has 8 nitrogen and oxygen atoms in total. The van der Waals surface area contributed by atoms with E-state index in [4.69, 9.17) is 15.2 Å². The second kappa shape index (κ2) is 9.84. The molecule has 0 fully saturated rings. The fraction of sp³-hybridized carbons (Fsp3) is 0.143. The van der Waals surface area contributed by atoms with Crippen molar-refractivity contribution >= 4 is 29.6 Å². The maximum atomic E-state index is 12.0. The normalized spacial score (nSPS) is 10.7. The molecule has 0 bridgehead atoms. The summed E-state index contributed by atoms with van der Waals surface area (Å²) in [6, 6.07) is 16.8. The number of hydrogen-bond donors (Lipinski definition) is 2. The van der Waals surface area contributed by atoms with Crippen molar-refractivity contribution in [2.75, 3.05) is 17.7 Å². The molecule has 8 heteroatoms. The molecule has 29 heavy (non-hydrogen) atoms. The molecular weight excluding hydrogens is 370 g/mol. The minimum absolute atomic E-state index is 0.0365. The van der Waals surface area contributed by atoms with E-state index in [1.54, 1.807) is 6.08 Å². The van der Waals surface area contributed by atoms with Gasteiger partial charge in [0.25, 0.3) is 0 Å². The summed E-state index contributed by atoms with van der Waals surface area (Å²) in [4.78, 5) is 24.2. The van der Waals surface area contributed by atoms with E-state index in [0.29, 0.717) is 6.61 Å². The van der Waals surface area contributed by atoms with Gasteiger partial charge in [0.2, 0.25) is 11.9 Å². The minimum atomic E-state index is -0.518. The van der Waals surface area contributed by atoms with Crippen molar-refractivity contribution in [1.82, 2.24) is 15.0 Å². The first-order valence-corrected chi connectivity index (χ1v) is 9.02. The summed E-state index contributed by atoms with van der Waals surface area (Å²) in [5.74, 6) is 0.822. The summed E-state index contributed by atoms with van der Waals surface area (Å²) in [5.41, 5.74) is 7.38. The number of benzene rings is 2. The van der Waals surface area contributed by atoms with Gasteiger partial charge in [0.15, 0.2) is 12.4 Å². The topological polar surface area (TPSA) is 112 Å². The number of hydrogen-bond acceptors (Lipinski definition) is 8. The van der Waals surface area contributed by atoms with Gasteiger partial charge in [-0.1, -0.05) is 30.3 Å². The Balaban J connectivity index is 1.56. The molecule has 0 atom stereocenters. The van der Waals surface area contributed by atoms with Gasteiger partial charge >= 0.3 is 5.97 Å². The highest BCUT2D eigenvalue weighted by Crippen LogP contribution is 2.14. The Morgan fingerprint density at radius 3 is 2.55 bits per heavy atom. The number of nitrogen functional groups attached to an aromatic ring is 1. The fourth-order valence-electron chi connectivity index (χ4n) is 2.40. The molecule has 0 aliphatic rings. The molecule has 0 aliphatic carbocycles. The van der Waals surface area contributed by atoms with Crippen LogP contribution in [0.15, 0.2) is 60.7 Å². The lowest BCUT2D eigenvalue weighted by molar-refractivity contribution is -0.139. The number of carbonyl (C=O) groups is 1.